The summed E-state index contributed by atoms with van der Waals surface area (Å²) < 4.78 is 5.40. The second-order valence-electron chi connectivity index (χ2n) is 6.52. The minimum Gasteiger partial charge on any atom is -0.379 e. The van der Waals surface area contributed by atoms with Crippen LogP contribution in [-0.4, -0.2) is 54.2 Å². The summed E-state index contributed by atoms with van der Waals surface area (Å²) in [6, 6.07) is 2.05. The first kappa shape index (κ1) is 17.5. The Morgan fingerprint density at radius 3 is 2.88 bits per heavy atom. The van der Waals surface area contributed by atoms with Crippen molar-refractivity contribution in [3.8, 4) is 10.6 Å². The van der Waals surface area contributed by atoms with Crippen LogP contribution in [0.25, 0.3) is 10.6 Å². The molecule has 130 valence electrons. The molecule has 0 bridgehead atoms. The van der Waals surface area contributed by atoms with Gasteiger partial charge in [0.1, 0.15) is 5.01 Å². The number of morpholine rings is 1. The maximum Gasteiger partial charge on any atom is 0.226 e. The van der Waals surface area contributed by atoms with E-state index in [0.29, 0.717) is 13.0 Å². The molecular weight excluding hydrogens is 342 g/mol. The molecule has 1 aliphatic rings. The molecule has 2 aromatic rings. The molecule has 0 saturated carbocycles. The van der Waals surface area contributed by atoms with Crippen LogP contribution in [0.1, 0.15) is 19.5 Å². The zero-order chi connectivity index (χ0) is 17.0. The van der Waals surface area contributed by atoms with Crippen molar-refractivity contribution in [1.29, 1.82) is 0 Å². The monoisotopic (exact) mass is 365 g/mol. The molecule has 0 aliphatic carbocycles. The fourth-order valence-corrected chi connectivity index (χ4v) is 4.26. The van der Waals surface area contributed by atoms with Crippen molar-refractivity contribution in [2.24, 2.45) is 0 Å². The zero-order valence-electron chi connectivity index (χ0n) is 14.1. The Morgan fingerprint density at radius 1 is 1.38 bits per heavy atom. The molecule has 3 rings (SSSR count). The van der Waals surface area contributed by atoms with Gasteiger partial charge in [-0.1, -0.05) is 0 Å². The van der Waals surface area contributed by atoms with Gasteiger partial charge in [0.25, 0.3) is 0 Å². The van der Waals surface area contributed by atoms with Crippen LogP contribution in [0.2, 0.25) is 0 Å². The summed E-state index contributed by atoms with van der Waals surface area (Å²) in [5, 5.41) is 10.1. The lowest BCUT2D eigenvalue weighted by Gasteiger charge is -2.40. The van der Waals surface area contributed by atoms with E-state index in [0.717, 1.165) is 42.6 Å². The molecule has 5 nitrogen and oxygen atoms in total. The van der Waals surface area contributed by atoms with Crippen molar-refractivity contribution in [2.75, 3.05) is 32.8 Å². The van der Waals surface area contributed by atoms with E-state index in [9.17, 15) is 4.79 Å². The minimum atomic E-state index is -0.0661. The molecule has 1 saturated heterocycles. The molecule has 0 spiro atoms. The van der Waals surface area contributed by atoms with Gasteiger partial charge >= 0.3 is 0 Å². The largest absolute Gasteiger partial charge is 0.379 e. The Labute approximate surface area is 150 Å². The quantitative estimate of drug-likeness (QED) is 0.855. The first-order valence-electron chi connectivity index (χ1n) is 8.11. The van der Waals surface area contributed by atoms with Crippen LogP contribution in [0.3, 0.4) is 0 Å². The minimum absolute atomic E-state index is 0.0264. The summed E-state index contributed by atoms with van der Waals surface area (Å²) >= 11 is 3.24. The van der Waals surface area contributed by atoms with E-state index >= 15 is 0 Å². The third-order valence-corrected chi connectivity index (χ3v) is 5.87. The van der Waals surface area contributed by atoms with Crippen LogP contribution in [0.4, 0.5) is 0 Å². The Kier molecular flexibility index (Phi) is 5.65. The third kappa shape index (κ3) is 4.42. The summed E-state index contributed by atoms with van der Waals surface area (Å²) in [4.78, 5) is 19.2. The van der Waals surface area contributed by atoms with E-state index < -0.39 is 0 Å². The van der Waals surface area contributed by atoms with E-state index in [-0.39, 0.29) is 11.4 Å². The maximum absolute atomic E-state index is 12.3. The van der Waals surface area contributed by atoms with E-state index in [1.54, 1.807) is 22.7 Å². The van der Waals surface area contributed by atoms with E-state index in [4.69, 9.17) is 4.74 Å². The summed E-state index contributed by atoms with van der Waals surface area (Å²) in [5.41, 5.74) is 1.90. The van der Waals surface area contributed by atoms with Gasteiger partial charge in [0.2, 0.25) is 5.91 Å². The third-order valence-electron chi connectivity index (χ3n) is 4.25. The molecule has 0 atom stereocenters. The van der Waals surface area contributed by atoms with Crippen molar-refractivity contribution in [2.45, 2.75) is 25.8 Å². The zero-order valence-corrected chi connectivity index (χ0v) is 15.7. The van der Waals surface area contributed by atoms with Crippen molar-refractivity contribution >= 4 is 28.6 Å². The van der Waals surface area contributed by atoms with E-state index in [2.05, 4.69) is 40.5 Å². The van der Waals surface area contributed by atoms with Crippen molar-refractivity contribution in [1.82, 2.24) is 15.2 Å². The molecule has 0 aromatic carbocycles. The summed E-state index contributed by atoms with van der Waals surface area (Å²) in [5.74, 6) is 0.0264. The highest BCUT2D eigenvalue weighted by Crippen LogP contribution is 2.25. The number of rotatable bonds is 6. The molecule has 3 heterocycles. The SMILES string of the molecule is CC(C)(CNC(=O)Cc1csc(-c2ccsc2)n1)N1CCOCC1. The molecule has 1 fully saturated rings. The Hall–Kier alpha value is -1.28. The number of ether oxygens (including phenoxy) is 1. The van der Waals surface area contributed by atoms with E-state index in [1.165, 1.54) is 0 Å². The van der Waals surface area contributed by atoms with Crippen LogP contribution < -0.4 is 5.32 Å². The number of carbonyl (C=O) groups excluding carboxylic acids is 1. The van der Waals surface area contributed by atoms with Gasteiger partial charge in [-0.2, -0.15) is 11.3 Å². The van der Waals surface area contributed by atoms with Gasteiger partial charge in [0.15, 0.2) is 0 Å². The lowest BCUT2D eigenvalue weighted by molar-refractivity contribution is -0.121. The van der Waals surface area contributed by atoms with Gasteiger partial charge < -0.3 is 10.1 Å². The molecule has 0 unspecified atom stereocenters. The number of nitrogens with one attached hydrogen (secondary N) is 1. The first-order valence-corrected chi connectivity index (χ1v) is 9.93. The van der Waals surface area contributed by atoms with Gasteiger partial charge in [-0.05, 0) is 25.3 Å². The standard InChI is InChI=1S/C17H23N3O2S2/c1-17(2,20-4-6-22-7-5-20)12-18-15(21)9-14-11-24-16(19-14)13-3-8-23-10-13/h3,8,10-11H,4-7,9,12H2,1-2H3,(H,18,21). The number of amides is 1. The fourth-order valence-electron chi connectivity index (χ4n) is 2.73. The fraction of sp³-hybridized carbons (Fsp3) is 0.529. The second kappa shape index (κ2) is 7.74. The Morgan fingerprint density at radius 2 is 2.17 bits per heavy atom. The highest BCUT2D eigenvalue weighted by Gasteiger charge is 2.28. The highest BCUT2D eigenvalue weighted by molar-refractivity contribution is 7.14. The highest BCUT2D eigenvalue weighted by atomic mass is 32.1. The smallest absolute Gasteiger partial charge is 0.226 e. The number of thiazole rings is 1. The molecule has 0 radical (unpaired) electrons. The molecular formula is C17H23N3O2S2. The maximum atomic E-state index is 12.3. The van der Waals surface area contributed by atoms with E-state index in [1.807, 2.05) is 10.8 Å². The number of hydrogen-bond donors (Lipinski definition) is 1. The number of aromatic nitrogens is 1. The van der Waals surface area contributed by atoms with Gasteiger partial charge in [-0.15, -0.1) is 11.3 Å². The Balaban J connectivity index is 1.50. The topological polar surface area (TPSA) is 54.5 Å². The molecule has 7 heteroatoms. The normalized spacial score (nSPS) is 16.2. The first-order chi connectivity index (χ1) is 11.5. The lowest BCUT2D eigenvalue weighted by Crippen LogP contribution is -2.55. The molecule has 1 N–H and O–H groups in total. The average molecular weight is 366 g/mol. The summed E-state index contributed by atoms with van der Waals surface area (Å²) in [7, 11) is 0. The summed E-state index contributed by atoms with van der Waals surface area (Å²) in [6.07, 6.45) is 0.333. The van der Waals surface area contributed by atoms with Crippen molar-refractivity contribution < 1.29 is 9.53 Å². The number of nitrogens with zero attached hydrogens (tertiary/aromatic N) is 2. The molecule has 2 aromatic heterocycles. The number of hydrogen-bond acceptors (Lipinski definition) is 6. The number of carbonyl (C=O) groups is 1. The number of thiophene rings is 1. The van der Waals surface area contributed by atoms with Gasteiger partial charge in [-0.3, -0.25) is 9.69 Å². The predicted molar refractivity (Wildman–Crippen MR) is 98.6 cm³/mol. The Bertz CT molecular complexity index is 661. The van der Waals surface area contributed by atoms with Crippen LogP contribution in [0, 0.1) is 0 Å². The summed E-state index contributed by atoms with van der Waals surface area (Å²) in [6.45, 7) is 8.32. The van der Waals surface area contributed by atoms with Crippen LogP contribution in [-0.2, 0) is 16.0 Å². The molecule has 24 heavy (non-hydrogen) atoms. The molecule has 1 amide bonds. The van der Waals surface area contributed by atoms with Crippen LogP contribution >= 0.6 is 22.7 Å². The second-order valence-corrected chi connectivity index (χ2v) is 8.16. The lowest BCUT2D eigenvalue weighted by atomic mass is 10.0. The van der Waals surface area contributed by atoms with Crippen molar-refractivity contribution in [3.63, 3.8) is 0 Å². The van der Waals surface area contributed by atoms with Crippen molar-refractivity contribution in [3.05, 3.63) is 27.9 Å². The van der Waals surface area contributed by atoms with Gasteiger partial charge in [0.05, 0.1) is 25.3 Å². The predicted octanol–water partition coefficient (Wildman–Crippen LogP) is 2.64. The molecule has 1 aliphatic heterocycles. The van der Waals surface area contributed by atoms with Crippen LogP contribution in [0.5, 0.6) is 0 Å². The van der Waals surface area contributed by atoms with Gasteiger partial charge in [0, 0.05) is 41.5 Å². The van der Waals surface area contributed by atoms with Crippen LogP contribution in [0.15, 0.2) is 22.2 Å². The van der Waals surface area contributed by atoms with Gasteiger partial charge in [-0.25, -0.2) is 4.98 Å². The average Bonchev–Trinajstić information content (AvgIpc) is 3.25.